The largest absolute Gasteiger partial charge is 0.384 e. The van der Waals surface area contributed by atoms with E-state index >= 15 is 0 Å². The number of nitrogen functional groups attached to an aromatic ring is 1. The summed E-state index contributed by atoms with van der Waals surface area (Å²) in [5.41, 5.74) is 9.23. The molecule has 134 valence electrons. The molecule has 1 amide bonds. The third-order valence-electron chi connectivity index (χ3n) is 4.64. The van der Waals surface area contributed by atoms with E-state index in [-0.39, 0.29) is 12.0 Å². The van der Waals surface area contributed by atoms with E-state index in [0.717, 1.165) is 30.5 Å². The number of allylic oxidation sites excluding steroid dienone is 1. The molecule has 2 aromatic heterocycles. The Morgan fingerprint density at radius 2 is 2.15 bits per heavy atom. The smallest absolute Gasteiger partial charge is 0.257 e. The van der Waals surface area contributed by atoms with Gasteiger partial charge in [-0.15, -0.1) is 6.58 Å². The molecule has 1 saturated heterocycles. The molecular formula is C19H21N5O2. The van der Waals surface area contributed by atoms with Crippen molar-refractivity contribution in [2.45, 2.75) is 25.5 Å². The van der Waals surface area contributed by atoms with E-state index in [4.69, 9.17) is 10.5 Å². The summed E-state index contributed by atoms with van der Waals surface area (Å²) in [5, 5.41) is 2.93. The third kappa shape index (κ3) is 2.80. The number of nitrogens with zero attached hydrogens (tertiary/aromatic N) is 3. The molecule has 0 aliphatic carbocycles. The number of benzene rings is 1. The lowest BCUT2D eigenvalue weighted by molar-refractivity contribution is 0.0859. The van der Waals surface area contributed by atoms with Gasteiger partial charge < -0.3 is 20.4 Å². The molecule has 1 atom stereocenters. The maximum atomic E-state index is 12.8. The predicted molar refractivity (Wildman–Crippen MR) is 101 cm³/mol. The van der Waals surface area contributed by atoms with Crippen molar-refractivity contribution in [3.05, 3.63) is 42.5 Å². The number of amides is 1. The number of fused-ring (bicyclic) bond motifs is 2. The van der Waals surface area contributed by atoms with Crippen molar-refractivity contribution >= 4 is 33.9 Å². The Kier molecular flexibility index (Phi) is 4.30. The van der Waals surface area contributed by atoms with Gasteiger partial charge in [0.15, 0.2) is 5.65 Å². The molecule has 0 saturated carbocycles. The minimum atomic E-state index is -0.254. The van der Waals surface area contributed by atoms with Crippen LogP contribution in [0.1, 0.15) is 23.2 Å². The lowest BCUT2D eigenvalue weighted by Crippen LogP contribution is -2.32. The third-order valence-corrected chi connectivity index (χ3v) is 4.64. The lowest BCUT2D eigenvalue weighted by Gasteiger charge is -2.10. The monoisotopic (exact) mass is 351 g/mol. The Bertz CT molecular complexity index is 988. The Balaban J connectivity index is 1.78. The molecule has 1 aliphatic rings. The molecular weight excluding hydrogens is 330 g/mol. The summed E-state index contributed by atoms with van der Waals surface area (Å²) in [6.07, 6.45) is 3.77. The standard InChI is InChI=1S/C19H21N5O2/c1-2-9-24-17(20)15(19(25)21-11-12-6-5-10-26-12)16-18(24)23-14-8-4-3-7-13(14)22-16/h2-4,7-8,12H,1,5-6,9-11,20H2,(H,21,25). The van der Waals surface area contributed by atoms with Gasteiger partial charge in [-0.2, -0.15) is 0 Å². The summed E-state index contributed by atoms with van der Waals surface area (Å²) >= 11 is 0. The molecule has 0 bridgehead atoms. The number of carbonyl (C=O) groups is 1. The SMILES string of the molecule is C=CCn1c(N)c(C(=O)NCC2CCCO2)c2nc3ccccc3nc21. The molecule has 3 aromatic rings. The molecule has 1 aliphatic heterocycles. The number of rotatable bonds is 5. The van der Waals surface area contributed by atoms with Crippen LogP contribution in [-0.4, -0.2) is 39.7 Å². The number of aromatic nitrogens is 3. The van der Waals surface area contributed by atoms with Crippen molar-refractivity contribution in [1.29, 1.82) is 0 Å². The van der Waals surface area contributed by atoms with Crippen LogP contribution in [0.5, 0.6) is 0 Å². The van der Waals surface area contributed by atoms with Crippen LogP contribution in [0, 0.1) is 0 Å². The summed E-state index contributed by atoms with van der Waals surface area (Å²) in [4.78, 5) is 22.2. The van der Waals surface area contributed by atoms with E-state index in [0.29, 0.717) is 35.6 Å². The summed E-state index contributed by atoms with van der Waals surface area (Å²) in [6.45, 7) is 5.43. The van der Waals surface area contributed by atoms with E-state index in [9.17, 15) is 4.79 Å². The molecule has 0 radical (unpaired) electrons. The van der Waals surface area contributed by atoms with E-state index in [1.54, 1.807) is 10.6 Å². The van der Waals surface area contributed by atoms with Gasteiger partial charge in [-0.05, 0) is 25.0 Å². The Labute approximate surface area is 150 Å². The van der Waals surface area contributed by atoms with Gasteiger partial charge in [0.1, 0.15) is 16.9 Å². The second kappa shape index (κ2) is 6.76. The highest BCUT2D eigenvalue weighted by Gasteiger charge is 2.24. The fourth-order valence-corrected chi connectivity index (χ4v) is 3.36. The summed E-state index contributed by atoms with van der Waals surface area (Å²) in [7, 11) is 0. The number of anilines is 1. The van der Waals surface area contributed by atoms with Crippen molar-refractivity contribution < 1.29 is 9.53 Å². The number of hydrogen-bond donors (Lipinski definition) is 2. The highest BCUT2D eigenvalue weighted by Crippen LogP contribution is 2.28. The van der Waals surface area contributed by atoms with Crippen LogP contribution in [0.3, 0.4) is 0 Å². The first kappa shape index (κ1) is 16.5. The maximum absolute atomic E-state index is 12.8. The maximum Gasteiger partial charge on any atom is 0.257 e. The van der Waals surface area contributed by atoms with Gasteiger partial charge in [0.2, 0.25) is 0 Å². The first-order valence-corrected chi connectivity index (χ1v) is 8.74. The van der Waals surface area contributed by atoms with Crippen LogP contribution in [0.25, 0.3) is 22.2 Å². The summed E-state index contributed by atoms with van der Waals surface area (Å²) in [5.74, 6) is 0.0930. The number of ether oxygens (including phenoxy) is 1. The average Bonchev–Trinajstić information content (AvgIpc) is 3.25. The first-order valence-electron chi connectivity index (χ1n) is 8.74. The van der Waals surface area contributed by atoms with E-state index < -0.39 is 0 Å². The van der Waals surface area contributed by atoms with Gasteiger partial charge in [0.05, 0.1) is 17.1 Å². The number of nitrogens with two attached hydrogens (primary N) is 1. The van der Waals surface area contributed by atoms with Crippen LogP contribution in [0.2, 0.25) is 0 Å². The molecule has 7 nitrogen and oxygen atoms in total. The van der Waals surface area contributed by atoms with Gasteiger partial charge in [-0.1, -0.05) is 18.2 Å². The zero-order chi connectivity index (χ0) is 18.1. The quantitative estimate of drug-likeness (QED) is 0.688. The summed E-state index contributed by atoms with van der Waals surface area (Å²) < 4.78 is 7.33. The van der Waals surface area contributed by atoms with Crippen molar-refractivity contribution in [2.24, 2.45) is 0 Å². The molecule has 1 fully saturated rings. The molecule has 4 rings (SSSR count). The predicted octanol–water partition coefficient (Wildman–Crippen LogP) is 2.26. The van der Waals surface area contributed by atoms with Gasteiger partial charge in [0, 0.05) is 19.7 Å². The van der Waals surface area contributed by atoms with Crippen LogP contribution in [0.15, 0.2) is 36.9 Å². The van der Waals surface area contributed by atoms with Gasteiger partial charge in [-0.25, -0.2) is 9.97 Å². The van der Waals surface area contributed by atoms with Crippen molar-refractivity contribution in [1.82, 2.24) is 19.9 Å². The van der Waals surface area contributed by atoms with Crippen LogP contribution < -0.4 is 11.1 Å². The Morgan fingerprint density at radius 3 is 2.85 bits per heavy atom. The number of hydrogen-bond acceptors (Lipinski definition) is 5. The molecule has 26 heavy (non-hydrogen) atoms. The van der Waals surface area contributed by atoms with Crippen molar-refractivity contribution in [3.8, 4) is 0 Å². The molecule has 7 heteroatoms. The fraction of sp³-hybridized carbons (Fsp3) is 0.316. The molecule has 3 heterocycles. The van der Waals surface area contributed by atoms with Crippen LogP contribution in [0.4, 0.5) is 5.82 Å². The van der Waals surface area contributed by atoms with Crippen LogP contribution >= 0.6 is 0 Å². The Hall–Kier alpha value is -2.93. The number of carbonyl (C=O) groups excluding carboxylic acids is 1. The highest BCUT2D eigenvalue weighted by atomic mass is 16.5. The highest BCUT2D eigenvalue weighted by molar-refractivity contribution is 6.10. The van der Waals surface area contributed by atoms with Gasteiger partial charge in [0.25, 0.3) is 5.91 Å². The second-order valence-corrected chi connectivity index (χ2v) is 6.39. The van der Waals surface area contributed by atoms with Crippen molar-refractivity contribution in [2.75, 3.05) is 18.9 Å². The zero-order valence-corrected chi connectivity index (χ0v) is 14.4. The molecule has 1 aromatic carbocycles. The number of para-hydroxylation sites is 2. The summed E-state index contributed by atoms with van der Waals surface area (Å²) in [6, 6.07) is 7.56. The second-order valence-electron chi connectivity index (χ2n) is 6.39. The molecule has 1 unspecified atom stereocenters. The molecule has 3 N–H and O–H groups in total. The number of nitrogens with one attached hydrogen (secondary N) is 1. The lowest BCUT2D eigenvalue weighted by atomic mass is 10.2. The average molecular weight is 351 g/mol. The van der Waals surface area contributed by atoms with Crippen LogP contribution in [-0.2, 0) is 11.3 Å². The van der Waals surface area contributed by atoms with E-state index in [2.05, 4.69) is 21.9 Å². The van der Waals surface area contributed by atoms with E-state index in [1.165, 1.54) is 0 Å². The first-order chi connectivity index (χ1) is 12.7. The zero-order valence-electron chi connectivity index (χ0n) is 14.4. The topological polar surface area (TPSA) is 95.1 Å². The Morgan fingerprint density at radius 1 is 1.38 bits per heavy atom. The molecule has 0 spiro atoms. The van der Waals surface area contributed by atoms with E-state index in [1.807, 2.05) is 24.3 Å². The minimum absolute atomic E-state index is 0.0635. The van der Waals surface area contributed by atoms with Gasteiger partial charge >= 0.3 is 0 Å². The normalized spacial score (nSPS) is 17.0. The van der Waals surface area contributed by atoms with Gasteiger partial charge in [-0.3, -0.25) is 4.79 Å². The fourth-order valence-electron chi connectivity index (χ4n) is 3.36. The minimum Gasteiger partial charge on any atom is -0.384 e. The van der Waals surface area contributed by atoms with Crippen molar-refractivity contribution in [3.63, 3.8) is 0 Å².